The molecule has 1 saturated heterocycles. The number of ether oxygens (including phenoxy) is 2. The van der Waals surface area contributed by atoms with E-state index in [0.29, 0.717) is 0 Å². The topological polar surface area (TPSA) is 38.7 Å². The van der Waals surface area contributed by atoms with E-state index < -0.39 is 6.10 Å². The van der Waals surface area contributed by atoms with Crippen molar-refractivity contribution in [2.45, 2.75) is 70.2 Å². The van der Waals surface area contributed by atoms with Crippen LogP contribution in [0, 0.1) is 6.92 Å². The minimum atomic E-state index is -0.499. The lowest BCUT2D eigenvalue weighted by atomic mass is 9.90. The minimum Gasteiger partial charge on any atom is -0.490 e. The predicted octanol–water partition coefficient (Wildman–Crippen LogP) is 3.92. The quantitative estimate of drug-likeness (QED) is 0.917. The Morgan fingerprint density at radius 1 is 1.33 bits per heavy atom. The van der Waals surface area contributed by atoms with Crippen molar-refractivity contribution in [3.63, 3.8) is 0 Å². The SMILES string of the molecule is Cc1ccc([C@@H](C)O)c(OC2CCOC3(CCCC3)C2)c1. The molecule has 1 N–H and O–H groups in total. The summed E-state index contributed by atoms with van der Waals surface area (Å²) in [5, 5.41) is 9.93. The van der Waals surface area contributed by atoms with Crippen LogP contribution in [0.25, 0.3) is 0 Å². The van der Waals surface area contributed by atoms with Gasteiger partial charge in [-0.3, -0.25) is 0 Å². The van der Waals surface area contributed by atoms with Gasteiger partial charge in [-0.05, 0) is 38.3 Å². The first kappa shape index (κ1) is 14.9. The van der Waals surface area contributed by atoms with Gasteiger partial charge in [0.05, 0.1) is 18.3 Å². The lowest BCUT2D eigenvalue weighted by Crippen LogP contribution is -2.41. The minimum absolute atomic E-state index is 0.0672. The Kier molecular flexibility index (Phi) is 4.23. The van der Waals surface area contributed by atoms with Crippen LogP contribution in [0.4, 0.5) is 0 Å². The van der Waals surface area contributed by atoms with E-state index in [0.717, 1.165) is 36.3 Å². The standard InChI is InChI=1S/C18H26O3/c1-13-5-6-16(14(2)19)17(11-13)21-15-7-10-20-18(12-15)8-3-4-9-18/h5-6,11,14-15,19H,3-4,7-10,12H2,1-2H3/t14-,15?/m1/s1. The third-order valence-corrected chi connectivity index (χ3v) is 4.88. The second-order valence-electron chi connectivity index (χ2n) is 6.69. The smallest absolute Gasteiger partial charge is 0.125 e. The molecule has 1 aromatic carbocycles. The monoisotopic (exact) mass is 290 g/mol. The fourth-order valence-electron chi connectivity index (χ4n) is 3.72. The summed E-state index contributed by atoms with van der Waals surface area (Å²) in [7, 11) is 0. The Morgan fingerprint density at radius 2 is 2.10 bits per heavy atom. The number of hydrogen-bond donors (Lipinski definition) is 1. The zero-order chi connectivity index (χ0) is 14.9. The molecule has 2 atom stereocenters. The third kappa shape index (κ3) is 3.24. The van der Waals surface area contributed by atoms with Gasteiger partial charge in [-0.15, -0.1) is 0 Å². The van der Waals surface area contributed by atoms with Gasteiger partial charge >= 0.3 is 0 Å². The molecule has 21 heavy (non-hydrogen) atoms. The van der Waals surface area contributed by atoms with Crippen molar-refractivity contribution in [2.24, 2.45) is 0 Å². The van der Waals surface area contributed by atoms with Crippen molar-refractivity contribution in [1.29, 1.82) is 0 Å². The molecular formula is C18H26O3. The number of aliphatic hydroxyl groups excluding tert-OH is 1. The Morgan fingerprint density at radius 3 is 2.81 bits per heavy atom. The van der Waals surface area contributed by atoms with Gasteiger partial charge in [0.2, 0.25) is 0 Å². The van der Waals surface area contributed by atoms with E-state index in [1.165, 1.54) is 25.7 Å². The molecule has 2 fully saturated rings. The van der Waals surface area contributed by atoms with Crippen molar-refractivity contribution in [3.8, 4) is 5.75 Å². The van der Waals surface area contributed by atoms with Crippen LogP contribution in [0.3, 0.4) is 0 Å². The van der Waals surface area contributed by atoms with Gasteiger partial charge in [-0.2, -0.15) is 0 Å². The first-order chi connectivity index (χ1) is 10.1. The lowest BCUT2D eigenvalue weighted by Gasteiger charge is -2.38. The molecule has 0 bridgehead atoms. The molecule has 3 heteroatoms. The molecule has 0 radical (unpaired) electrons. The first-order valence-electron chi connectivity index (χ1n) is 8.17. The molecule has 1 heterocycles. The van der Waals surface area contributed by atoms with E-state index in [1.807, 2.05) is 18.2 Å². The Hall–Kier alpha value is -1.06. The zero-order valence-corrected chi connectivity index (χ0v) is 13.1. The van der Waals surface area contributed by atoms with Gasteiger partial charge in [-0.25, -0.2) is 0 Å². The summed E-state index contributed by atoms with van der Waals surface area (Å²) >= 11 is 0. The summed E-state index contributed by atoms with van der Waals surface area (Å²) in [5.74, 6) is 0.838. The van der Waals surface area contributed by atoms with Crippen LogP contribution < -0.4 is 4.74 Å². The van der Waals surface area contributed by atoms with E-state index in [4.69, 9.17) is 9.47 Å². The normalized spacial score (nSPS) is 26.0. The summed E-state index contributed by atoms with van der Waals surface area (Å²) < 4.78 is 12.3. The van der Waals surface area contributed by atoms with Crippen molar-refractivity contribution in [1.82, 2.24) is 0 Å². The molecule has 0 aromatic heterocycles. The molecule has 1 spiro atoms. The maximum atomic E-state index is 9.93. The molecule has 0 amide bonds. The van der Waals surface area contributed by atoms with E-state index in [9.17, 15) is 5.11 Å². The van der Waals surface area contributed by atoms with Crippen LogP contribution in [0.2, 0.25) is 0 Å². The van der Waals surface area contributed by atoms with Gasteiger partial charge in [0.1, 0.15) is 11.9 Å². The number of hydrogen-bond acceptors (Lipinski definition) is 3. The Labute approximate surface area is 127 Å². The van der Waals surface area contributed by atoms with E-state index in [-0.39, 0.29) is 11.7 Å². The highest BCUT2D eigenvalue weighted by atomic mass is 16.5. The lowest BCUT2D eigenvalue weighted by molar-refractivity contribution is -0.108. The molecule has 1 aromatic rings. The van der Waals surface area contributed by atoms with Crippen LogP contribution >= 0.6 is 0 Å². The summed E-state index contributed by atoms with van der Waals surface area (Å²) in [4.78, 5) is 0. The van der Waals surface area contributed by atoms with Crippen LogP contribution in [0.1, 0.15) is 62.7 Å². The third-order valence-electron chi connectivity index (χ3n) is 4.88. The van der Waals surface area contributed by atoms with Crippen molar-refractivity contribution in [3.05, 3.63) is 29.3 Å². The molecule has 116 valence electrons. The molecule has 1 aliphatic heterocycles. The second-order valence-corrected chi connectivity index (χ2v) is 6.69. The van der Waals surface area contributed by atoms with Gasteiger partial charge in [0, 0.05) is 18.4 Å². The number of aryl methyl sites for hydroxylation is 1. The maximum Gasteiger partial charge on any atom is 0.125 e. The van der Waals surface area contributed by atoms with Gasteiger partial charge < -0.3 is 14.6 Å². The fraction of sp³-hybridized carbons (Fsp3) is 0.667. The molecule has 2 aliphatic rings. The van der Waals surface area contributed by atoms with Crippen LogP contribution in [-0.2, 0) is 4.74 Å². The first-order valence-corrected chi connectivity index (χ1v) is 8.17. The van der Waals surface area contributed by atoms with Crippen LogP contribution in [0.15, 0.2) is 18.2 Å². The van der Waals surface area contributed by atoms with Crippen molar-refractivity contribution in [2.75, 3.05) is 6.61 Å². The molecule has 3 rings (SSSR count). The second kappa shape index (κ2) is 5.98. The largest absolute Gasteiger partial charge is 0.490 e. The average Bonchev–Trinajstić information content (AvgIpc) is 2.86. The van der Waals surface area contributed by atoms with Crippen LogP contribution in [0.5, 0.6) is 5.75 Å². The zero-order valence-electron chi connectivity index (χ0n) is 13.1. The van der Waals surface area contributed by atoms with E-state index in [1.54, 1.807) is 6.92 Å². The van der Waals surface area contributed by atoms with E-state index >= 15 is 0 Å². The highest BCUT2D eigenvalue weighted by Crippen LogP contribution is 2.41. The van der Waals surface area contributed by atoms with Crippen LogP contribution in [-0.4, -0.2) is 23.4 Å². The molecule has 3 nitrogen and oxygen atoms in total. The summed E-state index contributed by atoms with van der Waals surface area (Å²) in [6, 6.07) is 6.04. The van der Waals surface area contributed by atoms with Gasteiger partial charge in [-0.1, -0.05) is 25.0 Å². The Bertz CT molecular complexity index is 489. The predicted molar refractivity (Wildman–Crippen MR) is 82.6 cm³/mol. The number of benzene rings is 1. The van der Waals surface area contributed by atoms with Crippen molar-refractivity contribution < 1.29 is 14.6 Å². The average molecular weight is 290 g/mol. The van der Waals surface area contributed by atoms with Gasteiger partial charge in [0.15, 0.2) is 0 Å². The van der Waals surface area contributed by atoms with Crippen molar-refractivity contribution >= 4 is 0 Å². The fourth-order valence-corrected chi connectivity index (χ4v) is 3.72. The summed E-state index contributed by atoms with van der Waals surface area (Å²) in [6.45, 7) is 4.64. The molecule has 1 aliphatic carbocycles. The highest BCUT2D eigenvalue weighted by molar-refractivity contribution is 5.38. The van der Waals surface area contributed by atoms with E-state index in [2.05, 4.69) is 6.92 Å². The molecule has 1 saturated carbocycles. The maximum absolute atomic E-state index is 9.93. The highest BCUT2D eigenvalue weighted by Gasteiger charge is 2.40. The number of aliphatic hydroxyl groups is 1. The molecule has 1 unspecified atom stereocenters. The molecular weight excluding hydrogens is 264 g/mol. The summed E-state index contributed by atoms with van der Waals surface area (Å²) in [5.41, 5.74) is 2.11. The number of rotatable bonds is 3. The van der Waals surface area contributed by atoms with Gasteiger partial charge in [0.25, 0.3) is 0 Å². The summed E-state index contributed by atoms with van der Waals surface area (Å²) in [6.07, 6.45) is 6.52. The Balaban J connectivity index is 1.75.